The fourth-order valence-corrected chi connectivity index (χ4v) is 6.84. The lowest BCUT2D eigenvalue weighted by atomic mass is 10.2. The van der Waals surface area contributed by atoms with Crippen LogP contribution in [0.25, 0.3) is 21.6 Å². The first kappa shape index (κ1) is 37.6. The van der Waals surface area contributed by atoms with Gasteiger partial charge in [0, 0.05) is 19.1 Å². The fraction of sp³-hybridized carbons (Fsp3) is 0.606. The first-order valence-electron chi connectivity index (χ1n) is 15.4. The van der Waals surface area contributed by atoms with E-state index in [-0.39, 0.29) is 37.6 Å². The summed E-state index contributed by atoms with van der Waals surface area (Å²) in [4.78, 5) is 21.4. The molecule has 2 aromatic heterocycles. The van der Waals surface area contributed by atoms with E-state index in [1.54, 1.807) is 11.3 Å². The normalized spacial score (nSPS) is 15.8. The molecule has 0 amide bonds. The van der Waals surface area contributed by atoms with Gasteiger partial charge in [0.25, 0.3) is 10.2 Å². The fourth-order valence-electron chi connectivity index (χ4n) is 4.65. The molecule has 2 aliphatic rings. The van der Waals surface area contributed by atoms with Crippen molar-refractivity contribution in [1.29, 1.82) is 0 Å². The zero-order valence-corrected chi connectivity index (χ0v) is 28.0. The van der Waals surface area contributed by atoms with Gasteiger partial charge < -0.3 is 9.47 Å². The van der Waals surface area contributed by atoms with Gasteiger partial charge in [-0.15, -0.1) is 11.3 Å². The summed E-state index contributed by atoms with van der Waals surface area (Å²) in [6.45, 7) is 12.7. The minimum Gasteiger partial charge on any atom is -0.473 e. The Morgan fingerprint density at radius 1 is 0.909 bits per heavy atom. The molecule has 1 saturated carbocycles. The Kier molecular flexibility index (Phi) is 15.7. The number of hydrogen-bond donors (Lipinski definition) is 1. The summed E-state index contributed by atoms with van der Waals surface area (Å²) in [7, 11) is -3.20. The highest BCUT2D eigenvalue weighted by Gasteiger charge is 2.24. The number of aromatic nitrogens is 2. The maximum Gasteiger partial charge on any atom is 0.308 e. The third kappa shape index (κ3) is 12.1. The monoisotopic (exact) mass is 648 g/mol. The average molecular weight is 649 g/mol. The lowest BCUT2D eigenvalue weighted by molar-refractivity contribution is -0.152. The maximum absolute atomic E-state index is 11.6. The van der Waals surface area contributed by atoms with E-state index in [4.69, 9.17) is 14.5 Å². The van der Waals surface area contributed by atoms with Crippen LogP contribution in [0.2, 0.25) is 0 Å². The molecule has 1 saturated heterocycles. The average Bonchev–Trinajstić information content (AvgIpc) is 3.68. The SMILES string of the molecule is C.CC(C)C(=O)OC1CCCC1.CC(C)NS(=O)(=O)N1CCCCC1.CC(C)Oc1nc2ccccc2nc1-c1cccs1. The molecule has 44 heavy (non-hydrogen) atoms. The summed E-state index contributed by atoms with van der Waals surface area (Å²) in [6, 6.07) is 11.9. The van der Waals surface area contributed by atoms with Crippen LogP contribution in [0.4, 0.5) is 0 Å². The molecule has 5 rings (SSSR count). The number of hydrogen-bond acceptors (Lipinski definition) is 8. The first-order valence-corrected chi connectivity index (χ1v) is 17.7. The molecule has 1 N–H and O–H groups in total. The lowest BCUT2D eigenvalue weighted by Gasteiger charge is -2.26. The van der Waals surface area contributed by atoms with Crippen molar-refractivity contribution in [1.82, 2.24) is 19.0 Å². The topological polar surface area (TPSA) is 111 Å². The number of carbonyl (C=O) groups is 1. The quantitative estimate of drug-likeness (QED) is 0.250. The second-order valence-electron chi connectivity index (χ2n) is 11.7. The number of fused-ring (bicyclic) bond motifs is 1. The summed E-state index contributed by atoms with van der Waals surface area (Å²) in [5, 5.41) is 2.03. The van der Waals surface area contributed by atoms with Crippen LogP contribution in [0.3, 0.4) is 0 Å². The number of ether oxygens (including phenoxy) is 2. The molecule has 1 aliphatic carbocycles. The van der Waals surface area contributed by atoms with E-state index in [9.17, 15) is 13.2 Å². The Hall–Kier alpha value is -2.60. The number of nitrogens with zero attached hydrogens (tertiary/aromatic N) is 3. The molecule has 0 atom stereocenters. The van der Waals surface area contributed by atoms with E-state index in [1.807, 2.05) is 83.3 Å². The number of benzene rings is 1. The van der Waals surface area contributed by atoms with Crippen LogP contribution in [0.1, 0.15) is 93.9 Å². The van der Waals surface area contributed by atoms with Crippen LogP contribution >= 0.6 is 11.3 Å². The number of para-hydroxylation sites is 2. The van der Waals surface area contributed by atoms with Gasteiger partial charge in [0.1, 0.15) is 11.8 Å². The van der Waals surface area contributed by atoms with Crippen molar-refractivity contribution < 1.29 is 22.7 Å². The second kappa shape index (κ2) is 18.4. The molecule has 1 aromatic carbocycles. The Labute approximate surface area is 269 Å². The summed E-state index contributed by atoms with van der Waals surface area (Å²) in [5.41, 5.74) is 2.57. The minimum absolute atomic E-state index is 0. The molecule has 1 aliphatic heterocycles. The molecule has 3 aromatic rings. The molecule has 0 spiro atoms. The molecule has 0 bridgehead atoms. The van der Waals surface area contributed by atoms with Gasteiger partial charge in [0.05, 0.1) is 27.9 Å². The molecular weight excluding hydrogens is 597 g/mol. The summed E-state index contributed by atoms with van der Waals surface area (Å²) < 4.78 is 38.4. The third-order valence-electron chi connectivity index (χ3n) is 6.74. The Morgan fingerprint density at radius 2 is 1.52 bits per heavy atom. The van der Waals surface area contributed by atoms with Crippen molar-refractivity contribution in [3.63, 3.8) is 0 Å². The number of nitrogens with one attached hydrogen (secondary N) is 1. The third-order valence-corrected chi connectivity index (χ3v) is 9.43. The predicted molar refractivity (Wildman–Crippen MR) is 181 cm³/mol. The molecule has 11 heteroatoms. The van der Waals surface area contributed by atoms with Crippen molar-refractivity contribution in [2.24, 2.45) is 5.92 Å². The van der Waals surface area contributed by atoms with E-state index in [1.165, 1.54) is 17.1 Å². The largest absolute Gasteiger partial charge is 0.473 e. The number of rotatable bonds is 8. The lowest BCUT2D eigenvalue weighted by Crippen LogP contribution is -2.45. The molecular formula is C33H52N4O5S2. The van der Waals surface area contributed by atoms with Crippen LogP contribution in [-0.2, 0) is 19.7 Å². The number of piperidine rings is 1. The van der Waals surface area contributed by atoms with Crippen molar-refractivity contribution in [3.05, 3.63) is 41.8 Å². The molecule has 3 heterocycles. The molecule has 0 unspecified atom stereocenters. The molecule has 2 fully saturated rings. The van der Waals surface area contributed by atoms with Gasteiger partial charge in [-0.1, -0.05) is 45.9 Å². The number of esters is 1. The Morgan fingerprint density at radius 3 is 2.05 bits per heavy atom. The Bertz CT molecular complexity index is 1370. The highest BCUT2D eigenvalue weighted by molar-refractivity contribution is 7.87. The number of carbonyl (C=O) groups excluding carboxylic acids is 1. The van der Waals surface area contributed by atoms with Gasteiger partial charge in [0.15, 0.2) is 0 Å². The predicted octanol–water partition coefficient (Wildman–Crippen LogP) is 7.62. The summed E-state index contributed by atoms with van der Waals surface area (Å²) >= 11 is 1.64. The summed E-state index contributed by atoms with van der Waals surface area (Å²) in [6.07, 6.45) is 7.99. The smallest absolute Gasteiger partial charge is 0.308 e. The van der Waals surface area contributed by atoms with Gasteiger partial charge in [0.2, 0.25) is 5.88 Å². The standard InChI is InChI=1S/C15H14N2OS.C9H16O2.C8H18N2O2S.CH4/c1-10(2)18-15-14(13-8-5-9-19-13)16-11-6-3-4-7-12(11)17-15;1-7(2)9(10)11-8-5-3-4-6-8;1-8(2)9-13(11,12)10-6-4-3-5-7-10;/h3-10H,1-2H3;7-8H,3-6H2,1-2H3;8-9H,3-7H2,1-2H3;1H4. The van der Waals surface area contributed by atoms with Crippen molar-refractivity contribution in [3.8, 4) is 16.5 Å². The van der Waals surface area contributed by atoms with Gasteiger partial charge in [-0.25, -0.2) is 9.97 Å². The van der Waals surface area contributed by atoms with Crippen molar-refractivity contribution in [2.45, 2.75) is 112 Å². The van der Waals surface area contributed by atoms with Crippen molar-refractivity contribution in [2.75, 3.05) is 13.1 Å². The first-order chi connectivity index (χ1) is 20.5. The molecule has 9 nitrogen and oxygen atoms in total. The van der Waals surface area contributed by atoms with E-state index in [0.29, 0.717) is 19.0 Å². The van der Waals surface area contributed by atoms with Gasteiger partial charge in [-0.2, -0.15) is 17.4 Å². The van der Waals surface area contributed by atoms with E-state index < -0.39 is 10.2 Å². The van der Waals surface area contributed by atoms with E-state index in [2.05, 4.69) is 9.71 Å². The zero-order chi connectivity index (χ0) is 31.4. The van der Waals surface area contributed by atoms with Gasteiger partial charge in [-0.3, -0.25) is 4.79 Å². The molecule has 246 valence electrons. The van der Waals surface area contributed by atoms with Crippen molar-refractivity contribution >= 4 is 38.5 Å². The van der Waals surface area contributed by atoms with Crippen LogP contribution < -0.4 is 9.46 Å². The highest BCUT2D eigenvalue weighted by atomic mass is 32.2. The maximum atomic E-state index is 11.6. The van der Waals surface area contributed by atoms with Gasteiger partial charge >= 0.3 is 5.97 Å². The van der Waals surface area contributed by atoms with Crippen LogP contribution in [0, 0.1) is 5.92 Å². The highest BCUT2D eigenvalue weighted by Crippen LogP contribution is 2.32. The Balaban J connectivity index is 0.000000239. The summed E-state index contributed by atoms with van der Waals surface area (Å²) in [5.74, 6) is 0.587. The molecule has 0 radical (unpaired) electrons. The van der Waals surface area contributed by atoms with Crippen LogP contribution in [0.5, 0.6) is 5.88 Å². The second-order valence-corrected chi connectivity index (χ2v) is 14.4. The van der Waals surface area contributed by atoms with Crippen LogP contribution in [0.15, 0.2) is 41.8 Å². The van der Waals surface area contributed by atoms with E-state index in [0.717, 1.165) is 53.7 Å². The van der Waals surface area contributed by atoms with E-state index >= 15 is 0 Å². The number of thiophene rings is 1. The van der Waals surface area contributed by atoms with Crippen LogP contribution in [-0.4, -0.2) is 60.0 Å². The minimum atomic E-state index is -3.20. The zero-order valence-electron chi connectivity index (χ0n) is 26.4. The van der Waals surface area contributed by atoms with Gasteiger partial charge in [-0.05, 0) is 89.8 Å².